The summed E-state index contributed by atoms with van der Waals surface area (Å²) >= 11 is 0. The molecule has 0 aliphatic carbocycles. The Morgan fingerprint density at radius 2 is 1.53 bits per heavy atom. The highest BCUT2D eigenvalue weighted by Gasteiger charge is 2.19. The number of amides is 1. The second kappa shape index (κ2) is 11.9. The number of nitrogens with zero attached hydrogens (tertiary/aromatic N) is 1. The first-order chi connectivity index (χ1) is 17.7. The Balaban J connectivity index is 1.04. The molecule has 1 aliphatic heterocycles. The van der Waals surface area contributed by atoms with Crippen molar-refractivity contribution in [1.29, 1.82) is 0 Å². The maximum absolute atomic E-state index is 12.6. The van der Waals surface area contributed by atoms with Gasteiger partial charge in [0.2, 0.25) is 0 Å². The molecule has 184 valence electrons. The van der Waals surface area contributed by atoms with E-state index in [1.54, 1.807) is 0 Å². The predicted molar refractivity (Wildman–Crippen MR) is 146 cm³/mol. The van der Waals surface area contributed by atoms with Gasteiger partial charge < -0.3 is 10.1 Å². The average molecular weight is 479 g/mol. The molecule has 5 rings (SSSR count). The van der Waals surface area contributed by atoms with Crippen LogP contribution in [-0.2, 0) is 13.0 Å². The molecule has 0 saturated carbocycles. The second-order valence-corrected chi connectivity index (χ2v) is 9.69. The molecule has 0 radical (unpaired) electrons. The van der Waals surface area contributed by atoms with Gasteiger partial charge in [0.25, 0.3) is 5.91 Å². The molecule has 36 heavy (non-hydrogen) atoms. The summed E-state index contributed by atoms with van der Waals surface area (Å²) in [5.74, 6) is 1.56. The van der Waals surface area contributed by atoms with Crippen LogP contribution in [0.25, 0.3) is 10.8 Å². The SMILES string of the molecule is O=C(NCCOc1cccc2ccccc12)c1ccc(CN2CCC(Cc3ccccc3)CC2)cc1. The van der Waals surface area contributed by atoms with Crippen molar-refractivity contribution in [3.63, 3.8) is 0 Å². The molecule has 1 saturated heterocycles. The van der Waals surface area contributed by atoms with E-state index in [4.69, 9.17) is 4.74 Å². The summed E-state index contributed by atoms with van der Waals surface area (Å²) in [6.45, 7) is 4.10. The normalized spacial score (nSPS) is 14.6. The number of rotatable bonds is 9. The Labute approximate surface area is 213 Å². The van der Waals surface area contributed by atoms with Crippen LogP contribution in [0.5, 0.6) is 5.75 Å². The van der Waals surface area contributed by atoms with Crippen molar-refractivity contribution in [2.24, 2.45) is 5.92 Å². The van der Waals surface area contributed by atoms with E-state index in [-0.39, 0.29) is 5.91 Å². The first-order valence-electron chi connectivity index (χ1n) is 13.0. The number of carbonyl (C=O) groups is 1. The van der Waals surface area contributed by atoms with Crippen molar-refractivity contribution in [3.8, 4) is 5.75 Å². The van der Waals surface area contributed by atoms with Gasteiger partial charge in [0.1, 0.15) is 12.4 Å². The summed E-state index contributed by atoms with van der Waals surface area (Å²) < 4.78 is 5.93. The van der Waals surface area contributed by atoms with Crippen molar-refractivity contribution in [1.82, 2.24) is 10.2 Å². The highest BCUT2D eigenvalue weighted by Crippen LogP contribution is 2.25. The molecule has 1 amide bonds. The maximum atomic E-state index is 12.6. The van der Waals surface area contributed by atoms with E-state index in [1.807, 2.05) is 36.4 Å². The molecule has 1 fully saturated rings. The van der Waals surface area contributed by atoms with Crippen LogP contribution in [0, 0.1) is 5.92 Å². The lowest BCUT2D eigenvalue weighted by Crippen LogP contribution is -2.33. The van der Waals surface area contributed by atoms with Crippen LogP contribution in [-0.4, -0.2) is 37.0 Å². The van der Waals surface area contributed by atoms with E-state index in [0.29, 0.717) is 18.7 Å². The molecule has 0 unspecified atom stereocenters. The molecule has 0 bridgehead atoms. The highest BCUT2D eigenvalue weighted by atomic mass is 16.5. The van der Waals surface area contributed by atoms with Crippen LogP contribution in [0.4, 0.5) is 0 Å². The molecule has 0 spiro atoms. The summed E-state index contributed by atoms with van der Waals surface area (Å²) in [7, 11) is 0. The molecule has 1 N–H and O–H groups in total. The molecule has 1 heterocycles. The molecule has 0 aromatic heterocycles. The van der Waals surface area contributed by atoms with Crippen molar-refractivity contribution < 1.29 is 9.53 Å². The van der Waals surface area contributed by atoms with Gasteiger partial charge in [0.15, 0.2) is 0 Å². The van der Waals surface area contributed by atoms with Crippen LogP contribution < -0.4 is 10.1 Å². The Morgan fingerprint density at radius 1 is 0.806 bits per heavy atom. The molecule has 4 aromatic carbocycles. The van der Waals surface area contributed by atoms with Crippen LogP contribution in [0.2, 0.25) is 0 Å². The number of hydrogen-bond donors (Lipinski definition) is 1. The summed E-state index contributed by atoms with van der Waals surface area (Å²) in [6, 6.07) is 33.0. The molecule has 4 nitrogen and oxygen atoms in total. The summed E-state index contributed by atoms with van der Waals surface area (Å²) in [6.07, 6.45) is 3.68. The van der Waals surface area contributed by atoms with Gasteiger partial charge >= 0.3 is 0 Å². The number of hydrogen-bond acceptors (Lipinski definition) is 3. The van der Waals surface area contributed by atoms with E-state index >= 15 is 0 Å². The fraction of sp³-hybridized carbons (Fsp3) is 0.281. The zero-order valence-electron chi connectivity index (χ0n) is 20.7. The molecular weight excluding hydrogens is 444 g/mol. The fourth-order valence-corrected chi connectivity index (χ4v) is 5.06. The van der Waals surface area contributed by atoms with Gasteiger partial charge in [-0.05, 0) is 73.0 Å². The number of carbonyl (C=O) groups excluding carboxylic acids is 1. The average Bonchev–Trinajstić information content (AvgIpc) is 2.93. The molecule has 4 heteroatoms. The molecule has 0 atom stereocenters. The first-order valence-corrected chi connectivity index (χ1v) is 13.0. The monoisotopic (exact) mass is 478 g/mol. The Kier molecular flexibility index (Phi) is 7.94. The summed E-state index contributed by atoms with van der Waals surface area (Å²) in [4.78, 5) is 15.1. The fourth-order valence-electron chi connectivity index (χ4n) is 5.06. The minimum atomic E-state index is -0.0650. The maximum Gasteiger partial charge on any atom is 0.251 e. The zero-order chi connectivity index (χ0) is 24.6. The molecule has 4 aromatic rings. The molecule has 1 aliphatic rings. The lowest BCUT2D eigenvalue weighted by molar-refractivity contribution is 0.0947. The lowest BCUT2D eigenvalue weighted by Gasteiger charge is -2.32. The third-order valence-corrected chi connectivity index (χ3v) is 7.09. The first kappa shape index (κ1) is 24.1. The zero-order valence-corrected chi connectivity index (χ0v) is 20.7. The van der Waals surface area contributed by atoms with Crippen LogP contribution in [0.1, 0.15) is 34.3 Å². The van der Waals surface area contributed by atoms with Crippen molar-refractivity contribution in [2.45, 2.75) is 25.8 Å². The minimum Gasteiger partial charge on any atom is -0.491 e. The van der Waals surface area contributed by atoms with Gasteiger partial charge in [-0.25, -0.2) is 0 Å². The predicted octanol–water partition coefficient (Wildman–Crippen LogP) is 6.10. The number of likely N-dealkylation sites (tertiary alicyclic amines) is 1. The van der Waals surface area contributed by atoms with E-state index < -0.39 is 0 Å². The smallest absolute Gasteiger partial charge is 0.251 e. The van der Waals surface area contributed by atoms with Crippen LogP contribution >= 0.6 is 0 Å². The number of ether oxygens (including phenoxy) is 1. The third kappa shape index (κ3) is 6.32. The number of fused-ring (bicyclic) bond motifs is 1. The lowest BCUT2D eigenvalue weighted by atomic mass is 9.90. The number of nitrogens with one attached hydrogen (secondary N) is 1. The van der Waals surface area contributed by atoms with Crippen molar-refractivity contribution >= 4 is 16.7 Å². The standard InChI is InChI=1S/C32H34N2O2/c35-32(33-19-22-36-31-12-6-10-28-9-4-5-11-30(28)31)29-15-13-27(14-16-29)24-34-20-17-26(18-21-34)23-25-7-2-1-3-8-25/h1-16,26H,17-24H2,(H,33,35). The van der Waals surface area contributed by atoms with Gasteiger partial charge in [-0.15, -0.1) is 0 Å². The largest absolute Gasteiger partial charge is 0.491 e. The highest BCUT2D eigenvalue weighted by molar-refractivity contribution is 5.94. The van der Waals surface area contributed by atoms with Crippen molar-refractivity contribution in [3.05, 3.63) is 114 Å². The van der Waals surface area contributed by atoms with Gasteiger partial charge in [-0.1, -0.05) is 78.9 Å². The molecular formula is C32H34N2O2. The van der Waals surface area contributed by atoms with E-state index in [9.17, 15) is 4.79 Å². The Morgan fingerprint density at radius 3 is 2.33 bits per heavy atom. The van der Waals surface area contributed by atoms with Gasteiger partial charge in [0, 0.05) is 17.5 Å². The van der Waals surface area contributed by atoms with Crippen molar-refractivity contribution in [2.75, 3.05) is 26.2 Å². The topological polar surface area (TPSA) is 41.6 Å². The second-order valence-electron chi connectivity index (χ2n) is 9.69. The summed E-state index contributed by atoms with van der Waals surface area (Å²) in [5, 5.41) is 5.20. The third-order valence-electron chi connectivity index (χ3n) is 7.09. The minimum absolute atomic E-state index is 0.0650. The Hall–Kier alpha value is -3.63. The quantitative estimate of drug-likeness (QED) is 0.295. The van der Waals surface area contributed by atoms with Gasteiger partial charge in [-0.2, -0.15) is 0 Å². The Bertz CT molecular complexity index is 1260. The van der Waals surface area contributed by atoms with E-state index in [1.165, 1.54) is 30.4 Å². The van der Waals surface area contributed by atoms with Gasteiger partial charge in [0.05, 0.1) is 6.54 Å². The number of benzene rings is 4. The van der Waals surface area contributed by atoms with E-state index in [0.717, 1.165) is 42.1 Å². The van der Waals surface area contributed by atoms with Crippen LogP contribution in [0.15, 0.2) is 97.1 Å². The van der Waals surface area contributed by atoms with Gasteiger partial charge in [-0.3, -0.25) is 9.69 Å². The van der Waals surface area contributed by atoms with E-state index in [2.05, 4.69) is 70.9 Å². The van der Waals surface area contributed by atoms with Crippen LogP contribution in [0.3, 0.4) is 0 Å². The number of piperidine rings is 1. The summed E-state index contributed by atoms with van der Waals surface area (Å²) in [5.41, 5.74) is 3.39.